The molecule has 0 aliphatic carbocycles. The lowest BCUT2D eigenvalue weighted by atomic mass is 9.99. The number of aliphatic hydroxyl groups is 1. The smallest absolute Gasteiger partial charge is 0.350 e. The lowest BCUT2D eigenvalue weighted by molar-refractivity contribution is -0.0408. The van der Waals surface area contributed by atoms with Crippen molar-refractivity contribution in [2.24, 2.45) is 0 Å². The number of H-pyrrole nitrogens is 1. The first-order valence-corrected chi connectivity index (χ1v) is 18.3. The van der Waals surface area contributed by atoms with Crippen LogP contribution in [0.1, 0.15) is 31.2 Å². The fourth-order valence-electron chi connectivity index (χ4n) is 7.38. The zero-order valence-corrected chi connectivity index (χ0v) is 29.9. The molecule has 17 heteroatoms. The Morgan fingerprint density at radius 3 is 1.98 bits per heavy atom. The van der Waals surface area contributed by atoms with Gasteiger partial charge >= 0.3 is 17.1 Å². The second-order valence-electron chi connectivity index (χ2n) is 13.9. The quantitative estimate of drug-likeness (QED) is 0.208. The fourth-order valence-corrected chi connectivity index (χ4v) is 7.38. The van der Waals surface area contributed by atoms with E-state index in [1.807, 2.05) is 36.4 Å². The molecular weight excluding hydrogens is 711 g/mol. The Hall–Kier alpha value is -5.75. The Bertz CT molecular complexity index is 2560. The summed E-state index contributed by atoms with van der Waals surface area (Å²) in [5.41, 5.74) is 1.95. The molecule has 0 radical (unpaired) electrons. The molecule has 3 saturated heterocycles. The van der Waals surface area contributed by atoms with E-state index in [0.29, 0.717) is 47.7 Å². The molecule has 0 amide bonds. The summed E-state index contributed by atoms with van der Waals surface area (Å²) in [6, 6.07) is 23.7. The number of hydrogen-bond acceptors (Lipinski definition) is 10. The summed E-state index contributed by atoms with van der Waals surface area (Å²) in [5, 5.41) is 25.3. The topological polar surface area (TPSA) is 174 Å². The van der Waals surface area contributed by atoms with E-state index in [-0.39, 0.29) is 48.2 Å². The van der Waals surface area contributed by atoms with Crippen molar-refractivity contribution in [2.75, 3.05) is 13.2 Å². The van der Waals surface area contributed by atoms with Crippen LogP contribution in [0.5, 0.6) is 0 Å². The van der Waals surface area contributed by atoms with Gasteiger partial charge in [0.2, 0.25) is 0 Å². The van der Waals surface area contributed by atoms with Gasteiger partial charge in [0.1, 0.15) is 11.9 Å². The number of epoxide rings is 1. The van der Waals surface area contributed by atoms with Gasteiger partial charge in [0.15, 0.2) is 16.9 Å². The molecule has 4 atom stereocenters. The summed E-state index contributed by atoms with van der Waals surface area (Å²) in [5.74, 6) is -0.229. The van der Waals surface area contributed by atoms with Gasteiger partial charge in [-0.05, 0) is 68.1 Å². The first kappa shape index (κ1) is 36.2. The monoisotopic (exact) mass is 752 g/mol. The lowest BCUT2D eigenvalue weighted by Crippen LogP contribution is -2.49. The van der Waals surface area contributed by atoms with Crippen LogP contribution in [0.15, 0.2) is 112 Å². The molecule has 6 aromatic heterocycles. The van der Waals surface area contributed by atoms with Gasteiger partial charge in [0.05, 0.1) is 38.5 Å². The molecular formula is C38H41FN10O6. The van der Waals surface area contributed by atoms with Crippen molar-refractivity contribution >= 4 is 16.9 Å². The first-order chi connectivity index (χ1) is 26.8. The van der Waals surface area contributed by atoms with Crippen molar-refractivity contribution in [1.29, 1.82) is 0 Å². The van der Waals surface area contributed by atoms with Crippen LogP contribution in [0.2, 0.25) is 0 Å². The number of aliphatic hydroxyl groups excluding tert-OH is 1. The maximum atomic E-state index is 13.8. The molecule has 286 valence electrons. The van der Waals surface area contributed by atoms with Gasteiger partial charge < -0.3 is 14.6 Å². The number of aromatic nitrogens is 9. The molecule has 55 heavy (non-hydrogen) atoms. The SMILES string of the molecule is O=c1[nH]nc2ccccn12.O=c1n(CC(O)CN2C3CCC2CC(OCc2ccccc2F)C3)nc2ccccn12.O=c1n(CC2CO2)nc2ccccn12. The van der Waals surface area contributed by atoms with Gasteiger partial charge in [-0.15, -0.1) is 10.2 Å². The highest BCUT2D eigenvalue weighted by atomic mass is 19.1. The maximum absolute atomic E-state index is 13.8. The zero-order valence-electron chi connectivity index (χ0n) is 29.9. The average Bonchev–Trinajstić information content (AvgIpc) is 3.68. The highest BCUT2D eigenvalue weighted by Crippen LogP contribution is 2.37. The fraction of sp³-hybridized carbons (Fsp3) is 0.368. The van der Waals surface area contributed by atoms with Gasteiger partial charge in [-0.1, -0.05) is 36.4 Å². The number of nitrogens with one attached hydrogen (secondary N) is 1. The Kier molecular flexibility index (Phi) is 10.5. The van der Waals surface area contributed by atoms with Crippen molar-refractivity contribution < 1.29 is 19.0 Å². The maximum Gasteiger partial charge on any atom is 0.350 e. The minimum Gasteiger partial charge on any atom is -0.390 e. The number of nitrogens with zero attached hydrogens (tertiary/aromatic N) is 9. The average molecular weight is 753 g/mol. The highest BCUT2D eigenvalue weighted by Gasteiger charge is 2.41. The van der Waals surface area contributed by atoms with E-state index in [0.717, 1.165) is 32.3 Å². The van der Waals surface area contributed by atoms with Gasteiger partial charge in [0, 0.05) is 42.8 Å². The summed E-state index contributed by atoms with van der Waals surface area (Å²) >= 11 is 0. The number of aromatic amines is 1. The third-order valence-corrected chi connectivity index (χ3v) is 10.2. The van der Waals surface area contributed by atoms with E-state index in [4.69, 9.17) is 9.47 Å². The van der Waals surface area contributed by atoms with Gasteiger partial charge in [-0.3, -0.25) is 18.1 Å². The summed E-state index contributed by atoms with van der Waals surface area (Å²) in [7, 11) is 0. The molecule has 10 rings (SSSR count). The molecule has 3 aliphatic rings. The number of ether oxygens (including phenoxy) is 2. The van der Waals surface area contributed by atoms with Crippen LogP contribution in [0.3, 0.4) is 0 Å². The van der Waals surface area contributed by atoms with Crippen molar-refractivity contribution in [2.45, 2.75) is 75.8 Å². The number of piperidine rings is 1. The Balaban J connectivity index is 0.000000144. The molecule has 0 spiro atoms. The van der Waals surface area contributed by atoms with E-state index in [2.05, 4.69) is 25.3 Å². The molecule has 3 aliphatic heterocycles. The van der Waals surface area contributed by atoms with Crippen molar-refractivity contribution in [1.82, 2.24) is 47.9 Å². The molecule has 16 nitrogen and oxygen atoms in total. The van der Waals surface area contributed by atoms with Crippen molar-refractivity contribution in [3.8, 4) is 0 Å². The molecule has 4 unspecified atom stereocenters. The first-order valence-electron chi connectivity index (χ1n) is 18.3. The predicted octanol–water partition coefficient (Wildman–Crippen LogP) is 2.13. The van der Waals surface area contributed by atoms with Crippen LogP contribution in [-0.4, -0.2) is 96.5 Å². The number of rotatable bonds is 9. The number of pyridine rings is 3. The van der Waals surface area contributed by atoms with Crippen molar-refractivity contribution in [3.63, 3.8) is 0 Å². The standard InChI is InChI=1S/C23H27FN4O3.C9H9N3O2.C6H5N3O/c24-21-6-2-1-5-16(21)15-31-20-11-17-8-9-18(12-20)27(17)13-19(29)14-28-23(30)26-10-4-3-7-22(26)25-28;13-9-11-4-2-1-3-8(11)10-12(9)5-7-6-14-7;10-6-8-7-5-3-1-2-4-9(5)6/h1-7,10,17-20,29H,8-9,11-15H2;1-4,7H,5-6H2;1-4H,(H,8,10). The molecule has 3 fully saturated rings. The van der Waals surface area contributed by atoms with Gasteiger partial charge in [0.25, 0.3) is 0 Å². The Morgan fingerprint density at radius 2 is 1.36 bits per heavy atom. The number of halogens is 1. The summed E-state index contributed by atoms with van der Waals surface area (Å²) in [6.07, 6.45) is 8.58. The van der Waals surface area contributed by atoms with Gasteiger partial charge in [-0.25, -0.2) is 33.2 Å². The number of fused-ring (bicyclic) bond motifs is 5. The van der Waals surface area contributed by atoms with Crippen molar-refractivity contribution in [3.05, 3.63) is 140 Å². The highest BCUT2D eigenvalue weighted by molar-refractivity contribution is 5.36. The second-order valence-corrected chi connectivity index (χ2v) is 13.9. The summed E-state index contributed by atoms with van der Waals surface area (Å²) in [6.45, 7) is 2.26. The van der Waals surface area contributed by atoms with E-state index >= 15 is 0 Å². The van der Waals surface area contributed by atoms with Crippen LogP contribution in [0.25, 0.3) is 16.9 Å². The Labute approximate surface area is 312 Å². The van der Waals surface area contributed by atoms with Crippen LogP contribution < -0.4 is 17.1 Å². The molecule has 0 saturated carbocycles. The molecule has 2 N–H and O–H groups in total. The Morgan fingerprint density at radius 1 is 0.782 bits per heavy atom. The minimum absolute atomic E-state index is 0.101. The summed E-state index contributed by atoms with van der Waals surface area (Å²) < 4.78 is 32.2. The predicted molar refractivity (Wildman–Crippen MR) is 198 cm³/mol. The second kappa shape index (κ2) is 15.9. The third-order valence-electron chi connectivity index (χ3n) is 10.2. The largest absolute Gasteiger partial charge is 0.390 e. The normalized spacial score (nSPS) is 20.9. The number of benzene rings is 1. The zero-order chi connectivity index (χ0) is 37.9. The van der Waals surface area contributed by atoms with Crippen LogP contribution >= 0.6 is 0 Å². The van der Waals surface area contributed by atoms with E-state index < -0.39 is 6.10 Å². The van der Waals surface area contributed by atoms with E-state index in [9.17, 15) is 23.9 Å². The molecule has 2 bridgehead atoms. The third kappa shape index (κ3) is 8.19. The molecule has 1 aromatic carbocycles. The lowest BCUT2D eigenvalue weighted by Gasteiger charge is -2.39. The van der Waals surface area contributed by atoms with E-state index in [1.54, 1.807) is 55.0 Å². The van der Waals surface area contributed by atoms with Gasteiger partial charge in [-0.2, -0.15) is 5.10 Å². The molecule has 9 heterocycles. The van der Waals surface area contributed by atoms with Crippen LogP contribution in [-0.2, 0) is 29.2 Å². The summed E-state index contributed by atoms with van der Waals surface area (Å²) in [4.78, 5) is 37.3. The van der Waals surface area contributed by atoms with E-state index in [1.165, 1.54) is 28.6 Å². The number of hydrogen-bond donors (Lipinski definition) is 2. The van der Waals surface area contributed by atoms with Crippen LogP contribution in [0, 0.1) is 5.82 Å². The molecule has 7 aromatic rings. The minimum atomic E-state index is -0.679. The van der Waals surface area contributed by atoms with Crippen LogP contribution in [0.4, 0.5) is 4.39 Å².